The lowest BCUT2D eigenvalue weighted by molar-refractivity contribution is 0.304. The molecule has 0 atom stereocenters. The number of hydrogen-bond acceptors (Lipinski definition) is 1. The van der Waals surface area contributed by atoms with Gasteiger partial charge in [-0.25, -0.2) is 0 Å². The molecule has 2 aromatic carbocycles. The van der Waals surface area contributed by atoms with Crippen LogP contribution in [0.15, 0.2) is 42.5 Å². The summed E-state index contributed by atoms with van der Waals surface area (Å²) in [5.41, 5.74) is 2.10. The first-order valence-electron chi connectivity index (χ1n) is 5.28. The largest absolute Gasteiger partial charge is 0.489 e. The van der Waals surface area contributed by atoms with Crippen LogP contribution in [0.5, 0.6) is 5.75 Å². The first-order chi connectivity index (χ1) is 8.15. The fourth-order valence-electron chi connectivity index (χ4n) is 1.52. The van der Waals surface area contributed by atoms with E-state index in [-0.39, 0.29) is 0 Å². The van der Waals surface area contributed by atoms with Crippen molar-refractivity contribution in [3.8, 4) is 5.75 Å². The molecule has 0 heterocycles. The van der Waals surface area contributed by atoms with Gasteiger partial charge in [-0.15, -0.1) is 0 Å². The summed E-state index contributed by atoms with van der Waals surface area (Å²) >= 11 is 11.8. The lowest BCUT2D eigenvalue weighted by Gasteiger charge is -2.09. The van der Waals surface area contributed by atoms with Crippen LogP contribution >= 0.6 is 23.2 Å². The second-order valence-corrected chi connectivity index (χ2v) is 4.70. The van der Waals surface area contributed by atoms with Crippen LogP contribution in [-0.4, -0.2) is 0 Å². The molecule has 0 unspecified atom stereocenters. The Hall–Kier alpha value is -1.18. The summed E-state index contributed by atoms with van der Waals surface area (Å²) in [5, 5.41) is 1.39. The molecule has 0 spiro atoms. The minimum Gasteiger partial charge on any atom is -0.489 e. The number of ether oxygens (including phenoxy) is 1. The lowest BCUT2D eigenvalue weighted by atomic mass is 10.2. The molecule has 88 valence electrons. The third-order valence-electron chi connectivity index (χ3n) is 2.43. The van der Waals surface area contributed by atoms with E-state index in [0.717, 1.165) is 16.9 Å². The topological polar surface area (TPSA) is 9.23 Å². The van der Waals surface area contributed by atoms with E-state index in [1.807, 2.05) is 49.4 Å². The Labute approximate surface area is 111 Å². The Balaban J connectivity index is 2.09. The molecule has 17 heavy (non-hydrogen) atoms. The SMILES string of the molecule is Cc1ccc(Cl)cc1OCc1cccc(Cl)c1. The van der Waals surface area contributed by atoms with Gasteiger partial charge < -0.3 is 4.74 Å². The molecule has 0 aromatic heterocycles. The first kappa shape index (κ1) is 12.3. The maximum Gasteiger partial charge on any atom is 0.124 e. The highest BCUT2D eigenvalue weighted by Crippen LogP contribution is 2.23. The standard InChI is InChI=1S/C14H12Cl2O/c1-10-5-6-13(16)8-14(10)17-9-11-3-2-4-12(15)7-11/h2-8H,9H2,1H3. The van der Waals surface area contributed by atoms with E-state index in [0.29, 0.717) is 16.7 Å². The van der Waals surface area contributed by atoms with Gasteiger partial charge in [-0.2, -0.15) is 0 Å². The Morgan fingerprint density at radius 3 is 2.53 bits per heavy atom. The van der Waals surface area contributed by atoms with Crippen molar-refractivity contribution in [2.75, 3.05) is 0 Å². The van der Waals surface area contributed by atoms with Gasteiger partial charge in [-0.3, -0.25) is 0 Å². The van der Waals surface area contributed by atoms with E-state index in [1.54, 1.807) is 0 Å². The normalized spacial score (nSPS) is 10.3. The summed E-state index contributed by atoms with van der Waals surface area (Å²) < 4.78 is 5.72. The van der Waals surface area contributed by atoms with Crippen molar-refractivity contribution in [3.05, 3.63) is 63.6 Å². The molecule has 0 fully saturated rings. The molecular weight excluding hydrogens is 255 g/mol. The Kier molecular flexibility index (Phi) is 3.93. The predicted molar refractivity (Wildman–Crippen MR) is 72.0 cm³/mol. The molecule has 0 saturated heterocycles. The van der Waals surface area contributed by atoms with E-state index in [9.17, 15) is 0 Å². The molecule has 0 radical (unpaired) electrons. The monoisotopic (exact) mass is 266 g/mol. The highest BCUT2D eigenvalue weighted by Gasteiger charge is 2.01. The number of hydrogen-bond donors (Lipinski definition) is 0. The van der Waals surface area contributed by atoms with Gasteiger partial charge in [0.05, 0.1) is 0 Å². The quantitative estimate of drug-likeness (QED) is 0.770. The third-order valence-corrected chi connectivity index (χ3v) is 2.90. The summed E-state index contributed by atoms with van der Waals surface area (Å²) in [6, 6.07) is 13.2. The van der Waals surface area contributed by atoms with Gasteiger partial charge in [0, 0.05) is 10.0 Å². The fraction of sp³-hybridized carbons (Fsp3) is 0.143. The molecule has 0 aliphatic heterocycles. The van der Waals surface area contributed by atoms with Crippen LogP contribution in [0.4, 0.5) is 0 Å². The van der Waals surface area contributed by atoms with Crippen molar-refractivity contribution >= 4 is 23.2 Å². The summed E-state index contributed by atoms with van der Waals surface area (Å²) in [5.74, 6) is 0.803. The second-order valence-electron chi connectivity index (χ2n) is 3.83. The van der Waals surface area contributed by atoms with Crippen molar-refractivity contribution in [2.24, 2.45) is 0 Å². The predicted octanol–water partition coefficient (Wildman–Crippen LogP) is 4.88. The second kappa shape index (κ2) is 5.44. The van der Waals surface area contributed by atoms with Crippen LogP contribution in [0.2, 0.25) is 10.0 Å². The molecule has 2 aromatic rings. The minimum absolute atomic E-state index is 0.488. The van der Waals surface area contributed by atoms with Gasteiger partial charge in [-0.1, -0.05) is 41.4 Å². The fourth-order valence-corrected chi connectivity index (χ4v) is 1.89. The summed E-state index contributed by atoms with van der Waals surface area (Å²) in [6.07, 6.45) is 0. The summed E-state index contributed by atoms with van der Waals surface area (Å²) in [7, 11) is 0. The van der Waals surface area contributed by atoms with Gasteiger partial charge in [0.1, 0.15) is 12.4 Å². The maximum absolute atomic E-state index is 5.92. The molecule has 0 aliphatic rings. The van der Waals surface area contributed by atoms with Gasteiger partial charge in [0.2, 0.25) is 0 Å². The number of halogens is 2. The molecule has 0 saturated carbocycles. The molecule has 1 nitrogen and oxygen atoms in total. The van der Waals surface area contributed by atoms with Crippen LogP contribution in [0.1, 0.15) is 11.1 Å². The molecule has 0 aliphatic carbocycles. The van der Waals surface area contributed by atoms with Crippen molar-refractivity contribution < 1.29 is 4.74 Å². The number of benzene rings is 2. The molecule has 0 amide bonds. The van der Waals surface area contributed by atoms with Crippen LogP contribution in [0, 0.1) is 6.92 Å². The summed E-state index contributed by atoms with van der Waals surface area (Å²) in [6.45, 7) is 2.48. The zero-order valence-electron chi connectivity index (χ0n) is 9.41. The average molecular weight is 267 g/mol. The summed E-state index contributed by atoms with van der Waals surface area (Å²) in [4.78, 5) is 0. The van der Waals surface area contributed by atoms with Crippen molar-refractivity contribution in [3.63, 3.8) is 0 Å². The van der Waals surface area contributed by atoms with Crippen LogP contribution in [0.25, 0.3) is 0 Å². The highest BCUT2D eigenvalue weighted by atomic mass is 35.5. The van der Waals surface area contributed by atoms with Crippen molar-refractivity contribution in [2.45, 2.75) is 13.5 Å². The maximum atomic E-state index is 5.92. The third kappa shape index (κ3) is 3.39. The van der Waals surface area contributed by atoms with Gasteiger partial charge in [0.25, 0.3) is 0 Å². The lowest BCUT2D eigenvalue weighted by Crippen LogP contribution is -1.96. The smallest absolute Gasteiger partial charge is 0.124 e. The molecule has 0 N–H and O–H groups in total. The Morgan fingerprint density at radius 2 is 1.76 bits per heavy atom. The van der Waals surface area contributed by atoms with E-state index in [4.69, 9.17) is 27.9 Å². The highest BCUT2D eigenvalue weighted by molar-refractivity contribution is 6.31. The van der Waals surface area contributed by atoms with Gasteiger partial charge >= 0.3 is 0 Å². The van der Waals surface area contributed by atoms with Crippen LogP contribution in [-0.2, 0) is 6.61 Å². The zero-order valence-corrected chi connectivity index (χ0v) is 10.9. The van der Waals surface area contributed by atoms with Crippen molar-refractivity contribution in [1.82, 2.24) is 0 Å². The van der Waals surface area contributed by atoms with E-state index in [2.05, 4.69) is 0 Å². The Bertz CT molecular complexity index is 523. The first-order valence-corrected chi connectivity index (χ1v) is 6.04. The molecule has 0 bridgehead atoms. The van der Waals surface area contributed by atoms with Crippen LogP contribution < -0.4 is 4.74 Å². The average Bonchev–Trinajstić information content (AvgIpc) is 2.30. The van der Waals surface area contributed by atoms with Gasteiger partial charge in [-0.05, 0) is 42.3 Å². The van der Waals surface area contributed by atoms with Gasteiger partial charge in [0.15, 0.2) is 0 Å². The van der Waals surface area contributed by atoms with E-state index >= 15 is 0 Å². The van der Waals surface area contributed by atoms with Crippen molar-refractivity contribution in [1.29, 1.82) is 0 Å². The molecular formula is C14H12Cl2O. The molecule has 2 rings (SSSR count). The van der Waals surface area contributed by atoms with E-state index < -0.39 is 0 Å². The Morgan fingerprint density at radius 1 is 1.00 bits per heavy atom. The minimum atomic E-state index is 0.488. The van der Waals surface area contributed by atoms with Crippen LogP contribution in [0.3, 0.4) is 0 Å². The zero-order chi connectivity index (χ0) is 12.3. The number of rotatable bonds is 3. The van der Waals surface area contributed by atoms with E-state index in [1.165, 1.54) is 0 Å². The number of aryl methyl sites for hydroxylation is 1. The molecule has 3 heteroatoms.